The Bertz CT molecular complexity index is 1920. The second kappa shape index (κ2) is 9.95. The molecule has 5 aromatic rings. The molecule has 4 heterocycles. The zero-order chi connectivity index (χ0) is 29.2. The molecule has 1 aromatic carbocycles. The summed E-state index contributed by atoms with van der Waals surface area (Å²) in [7, 11) is 0. The van der Waals surface area contributed by atoms with Crippen molar-refractivity contribution in [1.82, 2.24) is 29.3 Å². The fraction of sp³-hybridized carbons (Fsp3) is 0.233. The molecule has 0 N–H and O–H groups in total. The number of nitrogens with zero attached hydrogens (tertiary/aromatic N) is 6. The van der Waals surface area contributed by atoms with Crippen molar-refractivity contribution < 1.29 is 13.2 Å². The Kier molecular flexibility index (Phi) is 6.53. The van der Waals surface area contributed by atoms with Crippen LogP contribution in [0.2, 0.25) is 5.02 Å². The van der Waals surface area contributed by atoms with Crippen LogP contribution in [0.3, 0.4) is 0 Å². The smallest absolute Gasteiger partial charge is 0.274 e. The van der Waals surface area contributed by atoms with Crippen LogP contribution in [-0.4, -0.2) is 29.3 Å². The average Bonchev–Trinajstić information content (AvgIpc) is 3.65. The van der Waals surface area contributed by atoms with Gasteiger partial charge in [-0.05, 0) is 86.9 Å². The van der Waals surface area contributed by atoms with Gasteiger partial charge in [-0.25, -0.2) is 22.8 Å². The fourth-order valence-corrected chi connectivity index (χ4v) is 5.74. The van der Waals surface area contributed by atoms with Crippen LogP contribution < -0.4 is 5.56 Å². The van der Waals surface area contributed by atoms with Gasteiger partial charge in [-0.3, -0.25) is 19.3 Å². The molecule has 1 aliphatic rings. The third-order valence-corrected chi connectivity index (χ3v) is 7.82. The van der Waals surface area contributed by atoms with E-state index >= 15 is 8.78 Å². The Morgan fingerprint density at radius 3 is 2.46 bits per heavy atom. The molecule has 6 rings (SSSR count). The van der Waals surface area contributed by atoms with Crippen LogP contribution in [0.4, 0.5) is 13.2 Å². The minimum absolute atomic E-state index is 0.0241. The number of pyridine rings is 3. The molecule has 11 heteroatoms. The van der Waals surface area contributed by atoms with Crippen LogP contribution in [0, 0.1) is 45.1 Å². The summed E-state index contributed by atoms with van der Waals surface area (Å²) in [6.07, 6.45) is 4.82. The second-order valence-corrected chi connectivity index (χ2v) is 10.7. The maximum Gasteiger partial charge on any atom is 0.274 e. The van der Waals surface area contributed by atoms with Crippen molar-refractivity contribution >= 4 is 11.6 Å². The lowest BCUT2D eigenvalue weighted by Crippen LogP contribution is -2.24. The van der Waals surface area contributed by atoms with Crippen LogP contribution in [0.1, 0.15) is 52.3 Å². The number of hydrogen-bond donors (Lipinski definition) is 0. The van der Waals surface area contributed by atoms with Gasteiger partial charge in [0.1, 0.15) is 33.9 Å². The van der Waals surface area contributed by atoms with Crippen LogP contribution in [-0.2, 0) is 0 Å². The Balaban J connectivity index is 1.44. The monoisotopic (exact) mass is 576 g/mol. The first kappa shape index (κ1) is 26.9. The third-order valence-electron chi connectivity index (χ3n) is 7.44. The molecule has 2 atom stereocenters. The third kappa shape index (κ3) is 4.52. The van der Waals surface area contributed by atoms with Gasteiger partial charge in [-0.1, -0.05) is 17.7 Å². The summed E-state index contributed by atoms with van der Waals surface area (Å²) < 4.78 is 48.3. The van der Waals surface area contributed by atoms with Gasteiger partial charge >= 0.3 is 0 Å². The highest BCUT2D eigenvalue weighted by Crippen LogP contribution is 2.55. The zero-order valence-electron chi connectivity index (χ0n) is 22.6. The maximum atomic E-state index is 16.3. The van der Waals surface area contributed by atoms with Crippen LogP contribution >= 0.6 is 11.6 Å². The van der Waals surface area contributed by atoms with E-state index in [9.17, 15) is 9.18 Å². The van der Waals surface area contributed by atoms with E-state index in [-0.39, 0.29) is 39.5 Å². The summed E-state index contributed by atoms with van der Waals surface area (Å²) in [4.78, 5) is 25.9. The van der Waals surface area contributed by atoms with E-state index in [1.807, 2.05) is 0 Å². The number of rotatable bonds is 5. The first-order chi connectivity index (χ1) is 19.6. The standard InChI is InChI=1S/C30H24ClF3N6O/c1-14-11-36-28(20-6-5-7-24(26(20)33)40-17(4)37-16(3)38-40)27(34)29(14)39-15(2)8-23(25(31)30(39)41)22-10-21(22)18-9-19(32)13-35-12-18/h5-9,11-13,21-22H,10H2,1-4H3/t21-,22+/m1/s1. The maximum absolute atomic E-state index is 16.3. The summed E-state index contributed by atoms with van der Waals surface area (Å²) in [6, 6.07) is 7.69. The first-order valence-corrected chi connectivity index (χ1v) is 13.3. The normalized spacial score (nSPS) is 16.3. The van der Waals surface area contributed by atoms with Gasteiger partial charge in [-0.15, -0.1) is 0 Å². The zero-order valence-corrected chi connectivity index (χ0v) is 23.3. The molecule has 1 fully saturated rings. The van der Waals surface area contributed by atoms with E-state index in [1.165, 1.54) is 33.6 Å². The van der Waals surface area contributed by atoms with Crippen molar-refractivity contribution in [2.45, 2.75) is 46.0 Å². The summed E-state index contributed by atoms with van der Waals surface area (Å²) in [5.74, 6) is -1.20. The largest absolute Gasteiger partial charge is 0.277 e. The summed E-state index contributed by atoms with van der Waals surface area (Å²) in [5.41, 5.74) is 1.24. The number of aryl methyl sites for hydroxylation is 4. The van der Waals surface area contributed by atoms with Crippen molar-refractivity contribution in [2.75, 3.05) is 0 Å². The van der Waals surface area contributed by atoms with E-state index < -0.39 is 23.0 Å². The summed E-state index contributed by atoms with van der Waals surface area (Å²) in [6.45, 7) is 6.68. The van der Waals surface area contributed by atoms with Crippen molar-refractivity contribution in [1.29, 1.82) is 0 Å². The van der Waals surface area contributed by atoms with E-state index in [4.69, 9.17) is 11.6 Å². The Labute approximate surface area is 238 Å². The number of halogens is 4. The molecule has 7 nitrogen and oxygen atoms in total. The van der Waals surface area contributed by atoms with Gasteiger partial charge in [0, 0.05) is 23.7 Å². The molecule has 0 bridgehead atoms. The lowest BCUT2D eigenvalue weighted by Gasteiger charge is -2.18. The van der Waals surface area contributed by atoms with E-state index in [0.717, 1.165) is 11.8 Å². The number of aromatic nitrogens is 6. The molecule has 4 aromatic heterocycles. The molecule has 0 saturated heterocycles. The Hall–Kier alpha value is -4.31. The molecular formula is C30H24ClF3N6O. The average molecular weight is 577 g/mol. The molecule has 0 spiro atoms. The molecule has 1 aliphatic carbocycles. The molecule has 0 radical (unpaired) electrons. The minimum Gasteiger partial charge on any atom is -0.277 e. The quantitative estimate of drug-likeness (QED) is 0.240. The van der Waals surface area contributed by atoms with Gasteiger partial charge in [0.05, 0.1) is 11.9 Å². The lowest BCUT2D eigenvalue weighted by atomic mass is 10.0. The topological polar surface area (TPSA) is 78.5 Å². The SMILES string of the molecule is Cc1nc(C)n(-c2cccc(-c3ncc(C)c(-n4c(C)cc([C@H]5C[C@@H]5c5cncc(F)c5)c(Cl)c4=O)c3F)c2F)n1. The highest BCUT2D eigenvalue weighted by molar-refractivity contribution is 6.31. The molecule has 1 saturated carbocycles. The van der Waals surface area contributed by atoms with Crippen molar-refractivity contribution in [3.8, 4) is 22.6 Å². The number of benzene rings is 1. The Morgan fingerprint density at radius 2 is 1.76 bits per heavy atom. The molecule has 208 valence electrons. The van der Waals surface area contributed by atoms with Gasteiger partial charge in [0.15, 0.2) is 11.6 Å². The van der Waals surface area contributed by atoms with Crippen molar-refractivity contribution in [2.24, 2.45) is 0 Å². The van der Waals surface area contributed by atoms with E-state index in [1.54, 1.807) is 46.0 Å². The summed E-state index contributed by atoms with van der Waals surface area (Å²) >= 11 is 6.59. The highest BCUT2D eigenvalue weighted by atomic mass is 35.5. The van der Waals surface area contributed by atoms with Gasteiger partial charge in [0.2, 0.25) is 0 Å². The molecule has 41 heavy (non-hydrogen) atoms. The highest BCUT2D eigenvalue weighted by Gasteiger charge is 2.42. The Morgan fingerprint density at radius 1 is 0.976 bits per heavy atom. The van der Waals surface area contributed by atoms with Gasteiger partial charge < -0.3 is 0 Å². The molecular weight excluding hydrogens is 553 g/mol. The predicted molar refractivity (Wildman–Crippen MR) is 148 cm³/mol. The first-order valence-electron chi connectivity index (χ1n) is 12.9. The lowest BCUT2D eigenvalue weighted by molar-refractivity contribution is 0.594. The predicted octanol–water partition coefficient (Wildman–Crippen LogP) is 6.45. The van der Waals surface area contributed by atoms with E-state index in [2.05, 4.69) is 20.1 Å². The van der Waals surface area contributed by atoms with Crippen molar-refractivity contribution in [3.05, 3.63) is 116 Å². The van der Waals surface area contributed by atoms with E-state index in [0.29, 0.717) is 34.9 Å². The van der Waals surface area contributed by atoms with Crippen LogP contribution in [0.15, 0.2) is 53.7 Å². The number of hydrogen-bond acceptors (Lipinski definition) is 5. The van der Waals surface area contributed by atoms with Crippen LogP contribution in [0.5, 0.6) is 0 Å². The molecule has 0 unspecified atom stereocenters. The minimum atomic E-state index is -0.864. The molecule has 0 amide bonds. The van der Waals surface area contributed by atoms with Crippen LogP contribution in [0.25, 0.3) is 22.6 Å². The van der Waals surface area contributed by atoms with Crippen molar-refractivity contribution in [3.63, 3.8) is 0 Å². The van der Waals surface area contributed by atoms with Gasteiger partial charge in [0.25, 0.3) is 5.56 Å². The molecule has 0 aliphatic heterocycles. The van der Waals surface area contributed by atoms with Gasteiger partial charge in [-0.2, -0.15) is 5.10 Å². The summed E-state index contributed by atoms with van der Waals surface area (Å²) in [5, 5.41) is 4.19. The fourth-order valence-electron chi connectivity index (χ4n) is 5.46. The second-order valence-electron chi connectivity index (χ2n) is 10.3.